The minimum Gasteiger partial charge on any atom is -0.381 e. The summed E-state index contributed by atoms with van der Waals surface area (Å²) in [5, 5.41) is 4.78. The molecule has 0 spiro atoms. The predicted molar refractivity (Wildman–Crippen MR) is 81.2 cm³/mol. The summed E-state index contributed by atoms with van der Waals surface area (Å²) in [5.41, 5.74) is 1.26. The van der Waals surface area contributed by atoms with Gasteiger partial charge in [0.1, 0.15) is 0 Å². The maximum Gasteiger partial charge on any atom is 0.0624 e. The van der Waals surface area contributed by atoms with E-state index in [2.05, 4.69) is 18.3 Å². The lowest BCUT2D eigenvalue weighted by atomic mass is 9.77. The Kier molecular flexibility index (Phi) is 5.52. The third kappa shape index (κ3) is 3.85. The molecule has 1 aromatic carbocycles. The molecule has 1 N–H and O–H groups in total. The Balaban J connectivity index is 2.17. The highest BCUT2D eigenvalue weighted by atomic mass is 35.5. The molecule has 0 radical (unpaired) electrons. The Labute approximate surface area is 125 Å². The Morgan fingerprint density at radius 3 is 2.89 bits per heavy atom. The lowest BCUT2D eigenvalue weighted by Crippen LogP contribution is -2.42. The summed E-state index contributed by atoms with van der Waals surface area (Å²) in [7, 11) is 0. The first-order valence-corrected chi connectivity index (χ1v) is 7.64. The summed E-state index contributed by atoms with van der Waals surface area (Å²) >= 11 is 12.4. The topological polar surface area (TPSA) is 21.3 Å². The molecule has 0 bridgehead atoms. The third-order valence-corrected chi connectivity index (χ3v) is 4.61. The fraction of sp³-hybridized carbons (Fsp3) is 0.600. The number of rotatable bonds is 5. The van der Waals surface area contributed by atoms with E-state index >= 15 is 0 Å². The molecule has 19 heavy (non-hydrogen) atoms. The molecule has 2 nitrogen and oxygen atoms in total. The van der Waals surface area contributed by atoms with Gasteiger partial charge >= 0.3 is 0 Å². The minimum atomic E-state index is 0.141. The van der Waals surface area contributed by atoms with Crippen LogP contribution >= 0.6 is 23.2 Å². The quantitative estimate of drug-likeness (QED) is 0.889. The van der Waals surface area contributed by atoms with Crippen molar-refractivity contribution in [2.75, 3.05) is 26.3 Å². The summed E-state index contributed by atoms with van der Waals surface area (Å²) in [6.45, 7) is 5.74. The average Bonchev–Trinajstić information content (AvgIpc) is 2.43. The fourth-order valence-electron chi connectivity index (χ4n) is 2.73. The molecule has 1 aliphatic heterocycles. The molecule has 1 saturated heterocycles. The van der Waals surface area contributed by atoms with E-state index in [0.717, 1.165) is 44.7 Å². The van der Waals surface area contributed by atoms with Gasteiger partial charge in [-0.2, -0.15) is 0 Å². The van der Waals surface area contributed by atoms with Gasteiger partial charge in [-0.1, -0.05) is 42.3 Å². The molecule has 0 saturated carbocycles. The smallest absolute Gasteiger partial charge is 0.0624 e. The molecule has 106 valence electrons. The summed E-state index contributed by atoms with van der Waals surface area (Å²) in [6.07, 6.45) is 3.20. The first-order valence-electron chi connectivity index (χ1n) is 6.88. The summed E-state index contributed by atoms with van der Waals surface area (Å²) in [4.78, 5) is 0. The SMILES string of the molecule is CCNCC1(Cc2cccc(Cl)c2Cl)CCCOC1. The largest absolute Gasteiger partial charge is 0.381 e. The lowest BCUT2D eigenvalue weighted by molar-refractivity contribution is -0.00689. The van der Waals surface area contributed by atoms with E-state index in [9.17, 15) is 0 Å². The van der Waals surface area contributed by atoms with E-state index in [4.69, 9.17) is 27.9 Å². The molecule has 0 amide bonds. The third-order valence-electron chi connectivity index (χ3n) is 3.75. The maximum atomic E-state index is 6.32. The Hall–Kier alpha value is -0.280. The van der Waals surface area contributed by atoms with Crippen LogP contribution in [0, 0.1) is 5.41 Å². The van der Waals surface area contributed by atoms with Crippen molar-refractivity contribution in [3.05, 3.63) is 33.8 Å². The van der Waals surface area contributed by atoms with Gasteiger partial charge in [0.15, 0.2) is 0 Å². The standard InChI is InChI=1S/C15H21Cl2NO/c1-2-18-10-15(7-4-8-19-11-15)9-12-5-3-6-13(16)14(12)17/h3,5-6,18H,2,4,7-11H2,1H3. The first-order chi connectivity index (χ1) is 9.17. The molecule has 2 rings (SSSR count). The number of hydrogen-bond donors (Lipinski definition) is 1. The van der Waals surface area contributed by atoms with Crippen molar-refractivity contribution >= 4 is 23.2 Å². The molecule has 0 aliphatic carbocycles. The first kappa shape index (κ1) is 15.1. The number of benzene rings is 1. The Morgan fingerprint density at radius 1 is 1.37 bits per heavy atom. The molecule has 1 unspecified atom stereocenters. The van der Waals surface area contributed by atoms with E-state index in [-0.39, 0.29) is 5.41 Å². The zero-order valence-corrected chi connectivity index (χ0v) is 12.9. The second-order valence-electron chi connectivity index (χ2n) is 5.33. The lowest BCUT2D eigenvalue weighted by Gasteiger charge is -2.37. The van der Waals surface area contributed by atoms with Crippen molar-refractivity contribution in [1.29, 1.82) is 0 Å². The van der Waals surface area contributed by atoms with Crippen LogP contribution in [-0.2, 0) is 11.2 Å². The van der Waals surface area contributed by atoms with Gasteiger partial charge in [0, 0.05) is 18.6 Å². The highest BCUT2D eigenvalue weighted by Crippen LogP contribution is 2.36. The van der Waals surface area contributed by atoms with E-state index in [0.29, 0.717) is 10.0 Å². The number of nitrogens with one attached hydrogen (secondary N) is 1. The van der Waals surface area contributed by atoms with Crippen LogP contribution in [0.2, 0.25) is 10.0 Å². The van der Waals surface area contributed by atoms with E-state index in [1.165, 1.54) is 6.42 Å². The van der Waals surface area contributed by atoms with Crippen molar-refractivity contribution in [2.24, 2.45) is 5.41 Å². The number of halogens is 2. The van der Waals surface area contributed by atoms with Crippen LogP contribution < -0.4 is 5.32 Å². The molecule has 4 heteroatoms. The minimum absolute atomic E-state index is 0.141. The molecule has 1 aromatic rings. The van der Waals surface area contributed by atoms with Crippen LogP contribution in [0.1, 0.15) is 25.3 Å². The predicted octanol–water partition coefficient (Wildman–Crippen LogP) is 3.94. The molecule has 1 atom stereocenters. The van der Waals surface area contributed by atoms with Crippen molar-refractivity contribution in [3.63, 3.8) is 0 Å². The van der Waals surface area contributed by atoms with Crippen LogP contribution in [0.4, 0.5) is 0 Å². The maximum absolute atomic E-state index is 6.32. The Bertz CT molecular complexity index is 417. The van der Waals surface area contributed by atoms with Gasteiger partial charge in [-0.3, -0.25) is 0 Å². The van der Waals surface area contributed by atoms with E-state index < -0.39 is 0 Å². The molecule has 0 aromatic heterocycles. The van der Waals surface area contributed by atoms with Crippen molar-refractivity contribution in [3.8, 4) is 0 Å². The van der Waals surface area contributed by atoms with Gasteiger partial charge < -0.3 is 10.1 Å². The zero-order valence-electron chi connectivity index (χ0n) is 11.3. The van der Waals surface area contributed by atoms with Gasteiger partial charge in [0.25, 0.3) is 0 Å². The van der Waals surface area contributed by atoms with Crippen molar-refractivity contribution in [1.82, 2.24) is 5.32 Å². The van der Waals surface area contributed by atoms with E-state index in [1.807, 2.05) is 12.1 Å². The second-order valence-corrected chi connectivity index (χ2v) is 6.11. The Morgan fingerprint density at radius 2 is 2.21 bits per heavy atom. The van der Waals surface area contributed by atoms with Crippen LogP contribution in [0.25, 0.3) is 0 Å². The molecular formula is C15H21Cl2NO. The molecule has 1 fully saturated rings. The van der Waals surface area contributed by atoms with Crippen molar-refractivity contribution in [2.45, 2.75) is 26.2 Å². The van der Waals surface area contributed by atoms with Crippen LogP contribution in [-0.4, -0.2) is 26.3 Å². The van der Waals surface area contributed by atoms with Gasteiger partial charge in [-0.25, -0.2) is 0 Å². The van der Waals surface area contributed by atoms with Gasteiger partial charge in [0.2, 0.25) is 0 Å². The average molecular weight is 302 g/mol. The van der Waals surface area contributed by atoms with Crippen LogP contribution in [0.5, 0.6) is 0 Å². The van der Waals surface area contributed by atoms with Gasteiger partial charge in [0.05, 0.1) is 16.7 Å². The van der Waals surface area contributed by atoms with Crippen molar-refractivity contribution < 1.29 is 4.74 Å². The normalized spacial score (nSPS) is 23.5. The highest BCUT2D eigenvalue weighted by Gasteiger charge is 2.33. The monoisotopic (exact) mass is 301 g/mol. The number of ether oxygens (including phenoxy) is 1. The second kappa shape index (κ2) is 6.94. The summed E-state index contributed by atoms with van der Waals surface area (Å²) < 4.78 is 5.71. The summed E-state index contributed by atoms with van der Waals surface area (Å²) in [6, 6.07) is 5.87. The zero-order chi connectivity index (χ0) is 13.7. The van der Waals surface area contributed by atoms with Crippen LogP contribution in [0.3, 0.4) is 0 Å². The molecule has 1 aliphatic rings. The van der Waals surface area contributed by atoms with Crippen LogP contribution in [0.15, 0.2) is 18.2 Å². The van der Waals surface area contributed by atoms with Gasteiger partial charge in [-0.15, -0.1) is 0 Å². The highest BCUT2D eigenvalue weighted by molar-refractivity contribution is 6.42. The number of hydrogen-bond acceptors (Lipinski definition) is 2. The fourth-order valence-corrected chi connectivity index (χ4v) is 3.12. The van der Waals surface area contributed by atoms with E-state index in [1.54, 1.807) is 0 Å². The summed E-state index contributed by atoms with van der Waals surface area (Å²) in [5.74, 6) is 0. The molecular weight excluding hydrogens is 281 g/mol. The molecule has 1 heterocycles. The van der Waals surface area contributed by atoms with Gasteiger partial charge in [-0.05, 0) is 37.4 Å².